The Morgan fingerprint density at radius 2 is 1.61 bits per heavy atom. The molecule has 0 unspecified atom stereocenters. The Kier molecular flexibility index (Phi) is 8.80. The molecule has 0 bridgehead atoms. The molecule has 0 aromatic heterocycles. The van der Waals surface area contributed by atoms with Crippen molar-refractivity contribution in [2.24, 2.45) is 5.10 Å². The minimum atomic E-state index is -0.844. The Bertz CT molecular complexity index is 771. The molecule has 0 radical (unpaired) electrons. The number of benzene rings is 1. The monoisotopic (exact) mass is 432 g/mol. The summed E-state index contributed by atoms with van der Waals surface area (Å²) < 4.78 is 16.3. The van der Waals surface area contributed by atoms with E-state index < -0.39 is 11.8 Å². The Morgan fingerprint density at radius 1 is 0.968 bits per heavy atom. The van der Waals surface area contributed by atoms with Crippen LogP contribution < -0.4 is 20.8 Å². The highest BCUT2D eigenvalue weighted by Gasteiger charge is 2.19. The number of rotatable bonds is 9. The van der Waals surface area contributed by atoms with Gasteiger partial charge in [0.1, 0.15) is 5.75 Å². The van der Waals surface area contributed by atoms with Crippen LogP contribution in [0.15, 0.2) is 29.4 Å². The number of hydrazone groups is 1. The lowest BCUT2D eigenvalue weighted by Gasteiger charge is -2.11. The maximum Gasteiger partial charge on any atom is 0.329 e. The first kappa shape index (κ1) is 22.7. The van der Waals surface area contributed by atoms with Gasteiger partial charge in [-0.05, 0) is 55.5 Å². The third-order valence-corrected chi connectivity index (χ3v) is 4.90. The van der Waals surface area contributed by atoms with Crippen LogP contribution in [-0.4, -0.2) is 69.1 Å². The lowest BCUT2D eigenvalue weighted by atomic mass is 10.2. The molecule has 1 aromatic rings. The molecule has 0 saturated carbocycles. The Hall–Kier alpha value is -2.98. The van der Waals surface area contributed by atoms with Crippen LogP contribution in [0.1, 0.15) is 31.2 Å². The molecule has 31 heavy (non-hydrogen) atoms. The Labute approximate surface area is 180 Å². The second-order valence-electron chi connectivity index (χ2n) is 7.34. The van der Waals surface area contributed by atoms with E-state index in [1.807, 2.05) is 0 Å². The molecule has 2 saturated heterocycles. The van der Waals surface area contributed by atoms with Crippen LogP contribution in [0.2, 0.25) is 0 Å². The molecule has 0 spiro atoms. The molecule has 2 fully saturated rings. The van der Waals surface area contributed by atoms with Gasteiger partial charge in [-0.3, -0.25) is 14.4 Å². The fraction of sp³-hybridized carbons (Fsp3) is 0.524. The van der Waals surface area contributed by atoms with E-state index in [2.05, 4.69) is 21.2 Å². The van der Waals surface area contributed by atoms with Crippen LogP contribution in [0.5, 0.6) is 5.75 Å². The molecule has 0 aliphatic carbocycles. The third-order valence-electron chi connectivity index (χ3n) is 4.90. The average molecular weight is 432 g/mol. The number of nitrogens with zero attached hydrogens (tertiary/aromatic N) is 1. The first-order valence-electron chi connectivity index (χ1n) is 10.4. The van der Waals surface area contributed by atoms with Gasteiger partial charge in [-0.15, -0.1) is 0 Å². The molecular weight excluding hydrogens is 404 g/mol. The molecular formula is C21H28N4O6. The van der Waals surface area contributed by atoms with E-state index >= 15 is 0 Å². The molecule has 3 amide bonds. The smallest absolute Gasteiger partial charge is 0.329 e. The van der Waals surface area contributed by atoms with Crippen LogP contribution in [0.25, 0.3) is 0 Å². The van der Waals surface area contributed by atoms with Crippen molar-refractivity contribution >= 4 is 23.9 Å². The van der Waals surface area contributed by atoms with Crippen LogP contribution in [0, 0.1) is 0 Å². The Morgan fingerprint density at radius 3 is 2.23 bits per heavy atom. The summed E-state index contributed by atoms with van der Waals surface area (Å²) >= 11 is 0. The summed E-state index contributed by atoms with van der Waals surface area (Å²) in [5, 5.41) is 9.09. The topological polar surface area (TPSA) is 127 Å². The maximum absolute atomic E-state index is 11.8. The van der Waals surface area contributed by atoms with Crippen LogP contribution in [-0.2, 0) is 23.9 Å². The summed E-state index contributed by atoms with van der Waals surface area (Å²) in [6.45, 7) is 2.15. The largest absolute Gasteiger partial charge is 0.484 e. The lowest BCUT2D eigenvalue weighted by molar-refractivity contribution is -0.139. The molecule has 2 heterocycles. The zero-order chi connectivity index (χ0) is 21.9. The van der Waals surface area contributed by atoms with Crippen molar-refractivity contribution in [1.29, 1.82) is 0 Å². The van der Waals surface area contributed by atoms with Gasteiger partial charge < -0.3 is 24.8 Å². The second kappa shape index (κ2) is 12.0. The highest BCUT2D eigenvalue weighted by Crippen LogP contribution is 2.12. The van der Waals surface area contributed by atoms with Gasteiger partial charge >= 0.3 is 11.8 Å². The number of ether oxygens (including phenoxy) is 3. The summed E-state index contributed by atoms with van der Waals surface area (Å²) in [5.41, 5.74) is 2.87. The van der Waals surface area contributed by atoms with Gasteiger partial charge in [0.05, 0.1) is 18.4 Å². The normalized spacial score (nSPS) is 20.5. The molecule has 1 aromatic carbocycles. The van der Waals surface area contributed by atoms with Gasteiger partial charge in [-0.25, -0.2) is 5.43 Å². The third kappa shape index (κ3) is 7.99. The summed E-state index contributed by atoms with van der Waals surface area (Å²) in [6.07, 6.45) is 5.29. The number of carbonyl (C=O) groups is 3. The molecule has 10 heteroatoms. The van der Waals surface area contributed by atoms with Gasteiger partial charge in [0.15, 0.2) is 6.61 Å². The van der Waals surface area contributed by atoms with Crippen LogP contribution >= 0.6 is 0 Å². The van der Waals surface area contributed by atoms with Gasteiger partial charge in [0, 0.05) is 26.3 Å². The van der Waals surface area contributed by atoms with E-state index in [0.29, 0.717) is 31.0 Å². The van der Waals surface area contributed by atoms with Crippen molar-refractivity contribution in [2.45, 2.75) is 37.9 Å². The molecule has 3 N–H and O–H groups in total. The molecule has 168 valence electrons. The van der Waals surface area contributed by atoms with E-state index in [0.717, 1.165) is 32.3 Å². The molecule has 3 rings (SSSR count). The molecule has 2 atom stereocenters. The summed E-state index contributed by atoms with van der Waals surface area (Å²) in [7, 11) is 0. The quantitative estimate of drug-likeness (QED) is 0.289. The average Bonchev–Trinajstić information content (AvgIpc) is 3.49. The van der Waals surface area contributed by atoms with Crippen molar-refractivity contribution in [2.75, 3.05) is 32.9 Å². The van der Waals surface area contributed by atoms with E-state index in [-0.39, 0.29) is 24.7 Å². The fourth-order valence-corrected chi connectivity index (χ4v) is 3.19. The molecule has 10 nitrogen and oxygen atoms in total. The van der Waals surface area contributed by atoms with Crippen molar-refractivity contribution in [3.63, 3.8) is 0 Å². The van der Waals surface area contributed by atoms with E-state index in [1.54, 1.807) is 24.3 Å². The highest BCUT2D eigenvalue weighted by molar-refractivity contribution is 6.35. The lowest BCUT2D eigenvalue weighted by Crippen LogP contribution is -2.41. The summed E-state index contributed by atoms with van der Waals surface area (Å²) in [6, 6.07) is 6.80. The summed E-state index contributed by atoms with van der Waals surface area (Å²) in [5.74, 6) is -1.28. The zero-order valence-electron chi connectivity index (χ0n) is 17.3. The van der Waals surface area contributed by atoms with Gasteiger partial charge in [0.25, 0.3) is 5.91 Å². The predicted molar refractivity (Wildman–Crippen MR) is 112 cm³/mol. The molecule has 2 aliphatic heterocycles. The number of hydrogen-bond donors (Lipinski definition) is 3. The van der Waals surface area contributed by atoms with E-state index in [4.69, 9.17) is 14.2 Å². The minimum Gasteiger partial charge on any atom is -0.484 e. The standard InChI is InChI=1S/C21H28N4O6/c26-19(22-12-17-3-1-9-29-17)14-31-16-7-5-15(6-8-16)11-24-25-21(28)20(27)23-13-18-4-2-10-30-18/h5-8,11,17-18H,1-4,9-10,12-14H2,(H,22,26)(H,23,27)(H,25,28)/b24-11-/t17-,18-/m0/s1. The maximum atomic E-state index is 11.8. The van der Waals surface area contributed by atoms with Gasteiger partial charge in [-0.2, -0.15) is 5.10 Å². The van der Waals surface area contributed by atoms with Crippen molar-refractivity contribution in [3.8, 4) is 5.75 Å². The number of nitrogens with one attached hydrogen (secondary N) is 3. The molecule has 2 aliphatic rings. The SMILES string of the molecule is O=C(COc1ccc(/C=N\NC(=O)C(=O)NC[C@@H]2CCCO2)cc1)NC[C@@H]1CCCO1. The first-order chi connectivity index (χ1) is 15.1. The zero-order valence-corrected chi connectivity index (χ0v) is 17.3. The van der Waals surface area contributed by atoms with Crippen LogP contribution in [0.3, 0.4) is 0 Å². The summed E-state index contributed by atoms with van der Waals surface area (Å²) in [4.78, 5) is 35.3. The van der Waals surface area contributed by atoms with Crippen molar-refractivity contribution in [1.82, 2.24) is 16.1 Å². The highest BCUT2D eigenvalue weighted by atomic mass is 16.5. The number of amides is 3. The Balaban J connectivity index is 1.32. The van der Waals surface area contributed by atoms with E-state index in [9.17, 15) is 14.4 Å². The van der Waals surface area contributed by atoms with E-state index in [1.165, 1.54) is 6.21 Å². The van der Waals surface area contributed by atoms with Crippen LogP contribution in [0.4, 0.5) is 0 Å². The van der Waals surface area contributed by atoms with Gasteiger partial charge in [0.2, 0.25) is 0 Å². The minimum absolute atomic E-state index is 0.0339. The predicted octanol–water partition coefficient (Wildman–Crippen LogP) is 0.106. The van der Waals surface area contributed by atoms with Crippen molar-refractivity contribution < 1.29 is 28.6 Å². The first-order valence-corrected chi connectivity index (χ1v) is 10.4. The number of hydrogen-bond acceptors (Lipinski definition) is 7. The number of carbonyl (C=O) groups excluding carboxylic acids is 3. The van der Waals surface area contributed by atoms with Crippen molar-refractivity contribution in [3.05, 3.63) is 29.8 Å². The van der Waals surface area contributed by atoms with Gasteiger partial charge in [-0.1, -0.05) is 0 Å². The second-order valence-corrected chi connectivity index (χ2v) is 7.34. The fourth-order valence-electron chi connectivity index (χ4n) is 3.19.